The van der Waals surface area contributed by atoms with Gasteiger partial charge < -0.3 is 24.1 Å². The van der Waals surface area contributed by atoms with Crippen LogP contribution < -0.4 is 0 Å². The number of hydrogen-bond donors (Lipinski definition) is 1. The molecule has 0 bridgehead atoms. The summed E-state index contributed by atoms with van der Waals surface area (Å²) in [6.07, 6.45) is 21.0. The minimum Gasteiger partial charge on any atom is -0.469 e. The van der Waals surface area contributed by atoms with Gasteiger partial charge in [-0.05, 0) is 56.8 Å². The first-order valence-electron chi connectivity index (χ1n) is 15.4. The van der Waals surface area contributed by atoms with Crippen molar-refractivity contribution < 1.29 is 33.6 Å². The second-order valence-electron chi connectivity index (χ2n) is 11.9. The number of aliphatic hydroxyl groups is 1. The number of ether oxygens (including phenoxy) is 4. The number of carbonyl (C=O) groups excluding carboxylic acids is 2. The molecule has 7 nitrogen and oxygen atoms in total. The van der Waals surface area contributed by atoms with Crippen LogP contribution in [0, 0.1) is 23.7 Å². The molecular weight excluding hydrogens is 496 g/mol. The van der Waals surface area contributed by atoms with Crippen LogP contribution in [0.15, 0.2) is 24.3 Å². The van der Waals surface area contributed by atoms with Gasteiger partial charge >= 0.3 is 11.9 Å². The van der Waals surface area contributed by atoms with Crippen LogP contribution in [-0.2, 0) is 28.5 Å². The van der Waals surface area contributed by atoms with E-state index in [9.17, 15) is 14.7 Å². The van der Waals surface area contributed by atoms with E-state index in [0.29, 0.717) is 25.4 Å². The third-order valence-electron chi connectivity index (χ3n) is 8.75. The average Bonchev–Trinajstić information content (AvgIpc) is 3.24. The molecule has 0 spiro atoms. The molecule has 1 saturated heterocycles. The molecule has 3 fully saturated rings. The summed E-state index contributed by atoms with van der Waals surface area (Å²) in [5.41, 5.74) is 0. The highest BCUT2D eigenvalue weighted by molar-refractivity contribution is 5.69. The molecule has 222 valence electrons. The molecule has 7 atom stereocenters. The molecule has 2 saturated carbocycles. The van der Waals surface area contributed by atoms with E-state index in [4.69, 9.17) is 18.9 Å². The van der Waals surface area contributed by atoms with Crippen LogP contribution in [0.4, 0.5) is 0 Å². The summed E-state index contributed by atoms with van der Waals surface area (Å²) >= 11 is 0. The number of allylic oxidation sites excluding steroid dienone is 2. The summed E-state index contributed by atoms with van der Waals surface area (Å²) in [6, 6.07) is 0. The second-order valence-corrected chi connectivity index (χ2v) is 11.9. The summed E-state index contributed by atoms with van der Waals surface area (Å²) < 4.78 is 22.9. The van der Waals surface area contributed by atoms with E-state index in [1.807, 2.05) is 6.08 Å². The monoisotopic (exact) mass is 548 g/mol. The molecule has 7 heteroatoms. The number of esters is 2. The van der Waals surface area contributed by atoms with E-state index in [-0.39, 0.29) is 48.2 Å². The van der Waals surface area contributed by atoms with Crippen LogP contribution in [0.2, 0.25) is 0 Å². The van der Waals surface area contributed by atoms with Crippen molar-refractivity contribution in [2.75, 3.05) is 13.7 Å². The Bertz CT molecular complexity index is 781. The van der Waals surface area contributed by atoms with Gasteiger partial charge in [0.15, 0.2) is 6.29 Å². The Morgan fingerprint density at radius 1 is 1.05 bits per heavy atom. The van der Waals surface area contributed by atoms with Crippen molar-refractivity contribution in [3.8, 4) is 0 Å². The zero-order valence-electron chi connectivity index (χ0n) is 24.4. The van der Waals surface area contributed by atoms with E-state index in [0.717, 1.165) is 44.9 Å². The fourth-order valence-corrected chi connectivity index (χ4v) is 6.53. The fraction of sp³-hybridized carbons (Fsp3) is 0.812. The molecule has 0 amide bonds. The van der Waals surface area contributed by atoms with Crippen molar-refractivity contribution in [3.63, 3.8) is 0 Å². The molecule has 3 rings (SSSR count). The van der Waals surface area contributed by atoms with E-state index in [2.05, 4.69) is 25.2 Å². The van der Waals surface area contributed by atoms with Crippen LogP contribution in [0.1, 0.15) is 104 Å². The summed E-state index contributed by atoms with van der Waals surface area (Å²) in [6.45, 7) is 4.32. The Hall–Kier alpha value is -1.70. The maximum absolute atomic E-state index is 12.0. The fourth-order valence-electron chi connectivity index (χ4n) is 6.53. The van der Waals surface area contributed by atoms with Gasteiger partial charge in [0.2, 0.25) is 0 Å². The third kappa shape index (κ3) is 11.0. The number of unbranched alkanes of at least 4 members (excludes halogenated alkanes) is 1. The summed E-state index contributed by atoms with van der Waals surface area (Å²) in [5.74, 6) is 0.469. The Kier molecular flexibility index (Phi) is 14.0. The minimum absolute atomic E-state index is 0.00359. The van der Waals surface area contributed by atoms with Crippen molar-refractivity contribution in [2.45, 2.75) is 128 Å². The van der Waals surface area contributed by atoms with Crippen LogP contribution in [0.5, 0.6) is 0 Å². The quantitative estimate of drug-likeness (QED) is 0.155. The Morgan fingerprint density at radius 2 is 1.82 bits per heavy atom. The number of hydrogen-bond acceptors (Lipinski definition) is 7. The maximum Gasteiger partial charge on any atom is 0.305 e. The first kappa shape index (κ1) is 31.8. The normalized spacial score (nSPS) is 30.0. The molecule has 0 radical (unpaired) electrons. The third-order valence-corrected chi connectivity index (χ3v) is 8.75. The van der Waals surface area contributed by atoms with Crippen molar-refractivity contribution >= 4 is 11.9 Å². The predicted octanol–water partition coefficient (Wildman–Crippen LogP) is 6.28. The van der Waals surface area contributed by atoms with E-state index in [1.165, 1.54) is 46.1 Å². The van der Waals surface area contributed by atoms with Crippen LogP contribution in [-0.4, -0.2) is 55.4 Å². The van der Waals surface area contributed by atoms with E-state index >= 15 is 0 Å². The van der Waals surface area contributed by atoms with E-state index in [1.54, 1.807) is 0 Å². The topological polar surface area (TPSA) is 91.3 Å². The van der Waals surface area contributed by atoms with Gasteiger partial charge in [-0.1, -0.05) is 63.3 Å². The molecule has 0 aromatic heterocycles. The lowest BCUT2D eigenvalue weighted by Gasteiger charge is -2.29. The highest BCUT2D eigenvalue weighted by Gasteiger charge is 2.45. The molecule has 2 aliphatic carbocycles. The molecule has 39 heavy (non-hydrogen) atoms. The van der Waals surface area contributed by atoms with Crippen molar-refractivity contribution in [1.29, 1.82) is 0 Å². The van der Waals surface area contributed by atoms with Crippen molar-refractivity contribution in [1.82, 2.24) is 0 Å². The molecule has 1 N–H and O–H groups in total. The van der Waals surface area contributed by atoms with Crippen LogP contribution in [0.25, 0.3) is 0 Å². The molecule has 1 aliphatic heterocycles. The maximum atomic E-state index is 12.0. The number of methoxy groups -OCH3 is 1. The van der Waals surface area contributed by atoms with Gasteiger partial charge in [-0.2, -0.15) is 0 Å². The number of carbonyl (C=O) groups is 2. The minimum atomic E-state index is -0.513. The summed E-state index contributed by atoms with van der Waals surface area (Å²) in [7, 11) is 1.41. The molecule has 1 heterocycles. The molecule has 0 aromatic carbocycles. The lowest BCUT2D eigenvalue weighted by atomic mass is 9.81. The summed E-state index contributed by atoms with van der Waals surface area (Å²) in [4.78, 5) is 23.4. The van der Waals surface area contributed by atoms with Crippen molar-refractivity contribution in [3.05, 3.63) is 24.3 Å². The predicted molar refractivity (Wildman–Crippen MR) is 151 cm³/mol. The first-order chi connectivity index (χ1) is 18.9. The van der Waals surface area contributed by atoms with Crippen LogP contribution in [0.3, 0.4) is 0 Å². The van der Waals surface area contributed by atoms with Gasteiger partial charge in [0.1, 0.15) is 6.10 Å². The van der Waals surface area contributed by atoms with Gasteiger partial charge in [-0.25, -0.2) is 0 Å². The molecule has 0 aromatic rings. The lowest BCUT2D eigenvalue weighted by Crippen LogP contribution is -2.31. The largest absolute Gasteiger partial charge is 0.469 e. The molecule has 3 aliphatic rings. The smallest absolute Gasteiger partial charge is 0.305 e. The highest BCUT2D eigenvalue weighted by Crippen LogP contribution is 2.41. The van der Waals surface area contributed by atoms with Gasteiger partial charge in [0, 0.05) is 38.2 Å². The first-order valence-corrected chi connectivity index (χ1v) is 15.4. The molecular formula is C32H52O7. The lowest BCUT2D eigenvalue weighted by molar-refractivity contribution is -0.193. The Labute approximate surface area is 235 Å². The second kappa shape index (κ2) is 17.2. The number of aliphatic hydroxyl groups excluding tert-OH is 1. The van der Waals surface area contributed by atoms with Crippen LogP contribution >= 0.6 is 0 Å². The SMILES string of the molecule is COC(=O)CCC/C=C\C[C@@H]1[C@@H](/C=C/[C@@H](O)C(C)CC2CCCCC2)[C@H](OC2CCCCO2)C[C@@H]1OC(C)=O. The highest BCUT2D eigenvalue weighted by atomic mass is 16.7. The zero-order valence-corrected chi connectivity index (χ0v) is 24.4. The van der Waals surface area contributed by atoms with Gasteiger partial charge in [-0.3, -0.25) is 9.59 Å². The zero-order chi connectivity index (χ0) is 28.0. The molecule has 2 unspecified atom stereocenters. The van der Waals surface area contributed by atoms with Crippen molar-refractivity contribution in [2.24, 2.45) is 23.7 Å². The van der Waals surface area contributed by atoms with E-state index < -0.39 is 6.10 Å². The number of rotatable bonds is 14. The van der Waals surface area contributed by atoms with Gasteiger partial charge in [-0.15, -0.1) is 0 Å². The Balaban J connectivity index is 1.69. The average molecular weight is 549 g/mol. The van der Waals surface area contributed by atoms with Gasteiger partial charge in [0.25, 0.3) is 0 Å². The van der Waals surface area contributed by atoms with Gasteiger partial charge in [0.05, 0.1) is 19.3 Å². The standard InChI is InChI=1S/C32H52O7/c1-23(21-25-13-7-6-8-14-25)28(34)19-18-27-26(15-9-4-5-10-16-31(35)36-3)29(38-24(2)33)22-30(27)39-32-17-11-12-20-37-32/h4,9,18-19,23,25-30,32,34H,5-8,10-17,20-22H2,1-3H3/b9-4-,19-18+/t23?,26-,27-,28-,29+,30-,32?/m1/s1. The summed E-state index contributed by atoms with van der Waals surface area (Å²) in [5, 5.41) is 11.1. The Morgan fingerprint density at radius 3 is 2.51 bits per heavy atom.